The quantitative estimate of drug-likeness (QED) is 0.553. The highest BCUT2D eigenvalue weighted by atomic mass is 16.5. The number of piperidine rings is 1. The zero-order chi connectivity index (χ0) is 19.6. The maximum Gasteiger partial charge on any atom is 0.323 e. The Morgan fingerprint density at radius 3 is 2.15 bits per heavy atom. The number of likely N-dealkylation sites (tertiary alicyclic amines) is 1. The summed E-state index contributed by atoms with van der Waals surface area (Å²) in [5, 5.41) is 0. The highest BCUT2D eigenvalue weighted by Gasteiger charge is 2.39. The van der Waals surface area contributed by atoms with Gasteiger partial charge in [-0.25, -0.2) is 0 Å². The van der Waals surface area contributed by atoms with Gasteiger partial charge in [-0.2, -0.15) is 0 Å². The molecule has 2 heterocycles. The van der Waals surface area contributed by atoms with E-state index in [1.807, 2.05) is 4.90 Å². The zero-order valence-electron chi connectivity index (χ0n) is 15.3. The Hall–Kier alpha value is -2.74. The largest absolute Gasteiger partial charge is 0.469 e. The number of imide groups is 1. The number of fused-ring (bicyclic) bond motifs is 1. The van der Waals surface area contributed by atoms with Crippen LogP contribution in [-0.2, 0) is 19.1 Å². The van der Waals surface area contributed by atoms with Crippen molar-refractivity contribution in [2.24, 2.45) is 5.92 Å². The number of carbonyl (C=O) groups is 4. The molecule has 8 nitrogen and oxygen atoms in total. The molecule has 0 aliphatic carbocycles. The summed E-state index contributed by atoms with van der Waals surface area (Å²) in [5.74, 6) is -1.80. The first kappa shape index (κ1) is 19.0. The monoisotopic (exact) mass is 374 g/mol. The fraction of sp³-hybridized carbons (Fsp3) is 0.474. The highest BCUT2D eigenvalue weighted by Crippen LogP contribution is 2.26. The number of amides is 2. The molecule has 2 unspecified atom stereocenters. The second-order valence-electron chi connectivity index (χ2n) is 6.63. The lowest BCUT2D eigenvalue weighted by molar-refractivity contribution is -0.154. The first-order valence-corrected chi connectivity index (χ1v) is 8.82. The van der Waals surface area contributed by atoms with Crippen LogP contribution < -0.4 is 0 Å². The SMILES string of the molecule is COC(=O)C1CCN(CCN2C(=O)c3ccccc3C2=O)C(C(=O)OC)C1. The average molecular weight is 374 g/mol. The van der Waals surface area contributed by atoms with Gasteiger partial charge in [-0.15, -0.1) is 0 Å². The van der Waals surface area contributed by atoms with Gasteiger partial charge in [0.05, 0.1) is 31.3 Å². The third-order valence-electron chi connectivity index (χ3n) is 5.21. The lowest BCUT2D eigenvalue weighted by atomic mass is 9.90. The van der Waals surface area contributed by atoms with Gasteiger partial charge in [0.2, 0.25) is 0 Å². The molecule has 0 saturated carbocycles. The summed E-state index contributed by atoms with van der Waals surface area (Å²) in [5.41, 5.74) is 0.799. The first-order chi connectivity index (χ1) is 13.0. The van der Waals surface area contributed by atoms with E-state index in [0.29, 0.717) is 37.1 Å². The predicted octanol–water partition coefficient (Wildman–Crippen LogP) is 0.709. The Kier molecular flexibility index (Phi) is 5.55. The van der Waals surface area contributed by atoms with Gasteiger partial charge in [0.15, 0.2) is 0 Å². The molecule has 144 valence electrons. The maximum atomic E-state index is 12.5. The number of benzene rings is 1. The van der Waals surface area contributed by atoms with Crippen LogP contribution in [0.4, 0.5) is 0 Å². The summed E-state index contributed by atoms with van der Waals surface area (Å²) in [6.07, 6.45) is 0.837. The molecule has 2 aliphatic rings. The van der Waals surface area contributed by atoms with E-state index in [4.69, 9.17) is 9.47 Å². The molecule has 1 aromatic rings. The summed E-state index contributed by atoms with van der Waals surface area (Å²) in [6, 6.07) is 6.10. The average Bonchev–Trinajstić information content (AvgIpc) is 2.95. The van der Waals surface area contributed by atoms with Crippen molar-refractivity contribution < 1.29 is 28.7 Å². The normalized spacial score (nSPS) is 22.5. The van der Waals surface area contributed by atoms with Gasteiger partial charge in [-0.1, -0.05) is 12.1 Å². The third kappa shape index (κ3) is 3.57. The molecule has 27 heavy (non-hydrogen) atoms. The molecular formula is C19H22N2O6. The van der Waals surface area contributed by atoms with Crippen molar-refractivity contribution in [3.05, 3.63) is 35.4 Å². The smallest absolute Gasteiger partial charge is 0.323 e. The van der Waals surface area contributed by atoms with E-state index in [2.05, 4.69) is 0 Å². The number of rotatable bonds is 5. The van der Waals surface area contributed by atoms with Crippen LogP contribution in [0.5, 0.6) is 0 Å². The van der Waals surface area contributed by atoms with Crippen LogP contribution in [0.3, 0.4) is 0 Å². The van der Waals surface area contributed by atoms with Gasteiger partial charge >= 0.3 is 11.9 Å². The summed E-state index contributed by atoms with van der Waals surface area (Å²) < 4.78 is 9.65. The summed E-state index contributed by atoms with van der Waals surface area (Å²) >= 11 is 0. The Labute approximate surface area is 157 Å². The fourth-order valence-electron chi connectivity index (χ4n) is 3.71. The van der Waals surface area contributed by atoms with Crippen LogP contribution in [0.25, 0.3) is 0 Å². The van der Waals surface area contributed by atoms with Crippen molar-refractivity contribution in [3.8, 4) is 0 Å². The summed E-state index contributed by atoms with van der Waals surface area (Å²) in [4.78, 5) is 52.0. The molecule has 3 rings (SSSR count). The number of hydrogen-bond donors (Lipinski definition) is 0. The van der Waals surface area contributed by atoms with Crippen LogP contribution in [0.2, 0.25) is 0 Å². The lowest BCUT2D eigenvalue weighted by Crippen LogP contribution is -2.51. The van der Waals surface area contributed by atoms with Crippen molar-refractivity contribution in [2.45, 2.75) is 18.9 Å². The van der Waals surface area contributed by atoms with Crippen molar-refractivity contribution in [3.63, 3.8) is 0 Å². The molecule has 1 saturated heterocycles. The molecule has 0 aromatic heterocycles. The number of ether oxygens (including phenoxy) is 2. The molecular weight excluding hydrogens is 352 g/mol. The Bertz CT molecular complexity index is 742. The van der Waals surface area contributed by atoms with E-state index in [9.17, 15) is 19.2 Å². The van der Waals surface area contributed by atoms with Crippen LogP contribution in [0.1, 0.15) is 33.6 Å². The molecule has 1 aromatic carbocycles. The van der Waals surface area contributed by atoms with E-state index < -0.39 is 12.0 Å². The number of methoxy groups -OCH3 is 2. The van der Waals surface area contributed by atoms with Gasteiger partial charge in [0.1, 0.15) is 6.04 Å². The standard InChI is InChI=1S/C19H22N2O6/c1-26-18(24)12-7-8-20(15(11-12)19(25)27-2)9-10-21-16(22)13-5-3-4-6-14(13)17(21)23/h3-6,12,15H,7-11H2,1-2H3. The molecule has 0 spiro atoms. The Balaban J connectivity index is 1.68. The third-order valence-corrected chi connectivity index (χ3v) is 5.21. The molecule has 1 fully saturated rings. The Morgan fingerprint density at radius 1 is 1.00 bits per heavy atom. The minimum absolute atomic E-state index is 0.169. The van der Waals surface area contributed by atoms with Gasteiger partial charge in [0.25, 0.3) is 11.8 Å². The molecule has 2 aliphatic heterocycles. The lowest BCUT2D eigenvalue weighted by Gasteiger charge is -2.37. The van der Waals surface area contributed by atoms with E-state index >= 15 is 0 Å². The minimum Gasteiger partial charge on any atom is -0.469 e. The number of nitrogens with zero attached hydrogens (tertiary/aromatic N) is 2. The molecule has 0 N–H and O–H groups in total. The summed E-state index contributed by atoms with van der Waals surface area (Å²) in [6.45, 7) is 0.977. The van der Waals surface area contributed by atoms with Gasteiger partial charge in [-0.05, 0) is 31.5 Å². The highest BCUT2D eigenvalue weighted by molar-refractivity contribution is 6.21. The fourth-order valence-corrected chi connectivity index (χ4v) is 3.71. The van der Waals surface area contributed by atoms with Crippen molar-refractivity contribution in [2.75, 3.05) is 33.9 Å². The molecule has 8 heteroatoms. The van der Waals surface area contributed by atoms with Crippen molar-refractivity contribution in [1.29, 1.82) is 0 Å². The van der Waals surface area contributed by atoms with E-state index in [1.165, 1.54) is 19.1 Å². The van der Waals surface area contributed by atoms with Crippen LogP contribution in [0, 0.1) is 5.92 Å². The van der Waals surface area contributed by atoms with E-state index in [1.54, 1.807) is 24.3 Å². The maximum absolute atomic E-state index is 12.5. The molecule has 0 bridgehead atoms. The van der Waals surface area contributed by atoms with Crippen molar-refractivity contribution in [1.82, 2.24) is 9.80 Å². The number of esters is 2. The molecule has 2 amide bonds. The second kappa shape index (κ2) is 7.87. The Morgan fingerprint density at radius 2 is 1.59 bits per heavy atom. The second-order valence-corrected chi connectivity index (χ2v) is 6.63. The molecule has 2 atom stereocenters. The van der Waals surface area contributed by atoms with Crippen LogP contribution in [0.15, 0.2) is 24.3 Å². The van der Waals surface area contributed by atoms with Gasteiger partial charge in [0, 0.05) is 13.1 Å². The predicted molar refractivity (Wildman–Crippen MR) is 93.9 cm³/mol. The zero-order valence-corrected chi connectivity index (χ0v) is 15.3. The summed E-state index contributed by atoms with van der Waals surface area (Å²) in [7, 11) is 2.62. The van der Waals surface area contributed by atoms with Crippen LogP contribution in [-0.4, -0.2) is 73.4 Å². The van der Waals surface area contributed by atoms with Crippen LogP contribution >= 0.6 is 0 Å². The number of carbonyl (C=O) groups excluding carboxylic acids is 4. The minimum atomic E-state index is -0.608. The van der Waals surface area contributed by atoms with Gasteiger partial charge in [-0.3, -0.25) is 29.0 Å². The van der Waals surface area contributed by atoms with E-state index in [-0.39, 0.29) is 30.2 Å². The topological polar surface area (TPSA) is 93.2 Å². The first-order valence-electron chi connectivity index (χ1n) is 8.82. The van der Waals surface area contributed by atoms with Crippen molar-refractivity contribution >= 4 is 23.8 Å². The molecule has 0 radical (unpaired) electrons. The van der Waals surface area contributed by atoms with E-state index in [0.717, 1.165) is 0 Å². The van der Waals surface area contributed by atoms with Gasteiger partial charge < -0.3 is 9.47 Å². The number of hydrogen-bond acceptors (Lipinski definition) is 7.